The van der Waals surface area contributed by atoms with Gasteiger partial charge in [0.15, 0.2) is 5.82 Å². The fourth-order valence-electron chi connectivity index (χ4n) is 3.40. The number of amides is 1. The first-order chi connectivity index (χ1) is 16.8. The maximum absolute atomic E-state index is 13.3. The van der Waals surface area contributed by atoms with Crippen molar-refractivity contribution in [3.63, 3.8) is 0 Å². The number of ether oxygens (including phenoxy) is 2. The molecule has 12 heteroatoms. The molecule has 2 N–H and O–H groups in total. The molecule has 1 fully saturated rings. The molecule has 0 bridgehead atoms. The summed E-state index contributed by atoms with van der Waals surface area (Å²) in [7, 11) is 0. The van der Waals surface area contributed by atoms with Gasteiger partial charge in [0, 0.05) is 13.1 Å². The van der Waals surface area contributed by atoms with Crippen molar-refractivity contribution in [2.45, 2.75) is 24.9 Å². The van der Waals surface area contributed by atoms with Gasteiger partial charge in [0.1, 0.15) is 12.4 Å². The predicted octanol–water partition coefficient (Wildman–Crippen LogP) is 4.28. The number of hydrogen-bond acceptors (Lipinski definition) is 7. The Morgan fingerprint density at radius 3 is 2.66 bits per heavy atom. The van der Waals surface area contributed by atoms with Crippen LogP contribution in [-0.4, -0.2) is 53.1 Å². The molecule has 1 aromatic heterocycles. The lowest BCUT2D eigenvalue weighted by molar-refractivity contribution is -0.137. The lowest BCUT2D eigenvalue weighted by Gasteiger charge is -2.31. The van der Waals surface area contributed by atoms with Crippen LogP contribution in [-0.2, 0) is 22.3 Å². The van der Waals surface area contributed by atoms with E-state index in [1.807, 2.05) is 36.1 Å². The topological polar surface area (TPSA) is 92.4 Å². The zero-order chi connectivity index (χ0) is 24.8. The summed E-state index contributed by atoms with van der Waals surface area (Å²) < 4.78 is 50.7. The van der Waals surface area contributed by atoms with Gasteiger partial charge in [-0.05, 0) is 37.3 Å². The van der Waals surface area contributed by atoms with Crippen molar-refractivity contribution < 1.29 is 27.4 Å². The summed E-state index contributed by atoms with van der Waals surface area (Å²) in [4.78, 5) is 18.8. The highest BCUT2D eigenvalue weighted by atomic mass is 32.2. The summed E-state index contributed by atoms with van der Waals surface area (Å²) in [5.74, 6) is 0.638. The molecule has 0 atom stereocenters. The van der Waals surface area contributed by atoms with Gasteiger partial charge in [-0.25, -0.2) is 4.98 Å². The summed E-state index contributed by atoms with van der Waals surface area (Å²) in [6.45, 7) is 4.13. The number of carbonyl (C=O) groups is 1. The van der Waals surface area contributed by atoms with Crippen LogP contribution in [0.25, 0.3) is 0 Å². The summed E-state index contributed by atoms with van der Waals surface area (Å²) in [5, 5.41) is 9.76. The lowest BCUT2D eigenvalue weighted by Crippen LogP contribution is -2.37. The Kier molecular flexibility index (Phi) is 7.81. The Morgan fingerprint density at radius 2 is 1.94 bits per heavy atom. The van der Waals surface area contributed by atoms with E-state index in [4.69, 9.17) is 9.47 Å². The maximum Gasteiger partial charge on any atom is 0.416 e. The van der Waals surface area contributed by atoms with Gasteiger partial charge in [-0.3, -0.25) is 9.89 Å². The minimum absolute atomic E-state index is 0.0745. The van der Waals surface area contributed by atoms with Crippen molar-refractivity contribution in [3.8, 4) is 5.75 Å². The largest absolute Gasteiger partial charge is 0.486 e. The first-order valence-corrected chi connectivity index (χ1v) is 11.8. The summed E-state index contributed by atoms with van der Waals surface area (Å²) in [6.07, 6.45) is -4.52. The predicted molar refractivity (Wildman–Crippen MR) is 126 cm³/mol. The molecule has 0 unspecified atom stereocenters. The minimum atomic E-state index is -4.52. The average Bonchev–Trinajstić information content (AvgIpc) is 3.30. The quantitative estimate of drug-likeness (QED) is 0.440. The molecule has 35 heavy (non-hydrogen) atoms. The molecule has 2 aromatic carbocycles. The minimum Gasteiger partial charge on any atom is -0.486 e. The van der Waals surface area contributed by atoms with Gasteiger partial charge in [0.05, 0.1) is 35.9 Å². The van der Waals surface area contributed by atoms with Crippen LogP contribution in [0.3, 0.4) is 0 Å². The highest BCUT2D eigenvalue weighted by molar-refractivity contribution is 7.99. The highest BCUT2D eigenvalue weighted by Crippen LogP contribution is 2.36. The van der Waals surface area contributed by atoms with Crippen LogP contribution < -0.4 is 15.0 Å². The van der Waals surface area contributed by atoms with Crippen molar-refractivity contribution in [3.05, 3.63) is 59.4 Å². The van der Waals surface area contributed by atoms with Gasteiger partial charge >= 0.3 is 6.18 Å². The Balaban J connectivity index is 1.36. The van der Waals surface area contributed by atoms with E-state index in [0.717, 1.165) is 29.5 Å². The van der Waals surface area contributed by atoms with Gasteiger partial charge in [-0.15, -0.1) is 5.10 Å². The highest BCUT2D eigenvalue weighted by Gasteiger charge is 2.32. The maximum atomic E-state index is 13.3. The van der Waals surface area contributed by atoms with Gasteiger partial charge in [-0.2, -0.15) is 13.2 Å². The number of alkyl halides is 3. The monoisotopic (exact) mass is 507 g/mol. The third-order valence-electron chi connectivity index (χ3n) is 5.19. The molecule has 3 aromatic rings. The standard InChI is InChI=1S/C23H24F3N5O3S/c1-15-2-5-17(6-3-15)34-13-20-28-22(30-29-20)35-14-21(32)27-18-12-16(23(24,25)26)4-7-19(18)31-8-10-33-11-9-31/h2-7,12H,8-11,13-14H2,1H3,(H,27,32)(H,28,29,30). The molecular formula is C23H24F3N5O3S. The van der Waals surface area contributed by atoms with Gasteiger partial charge < -0.3 is 19.7 Å². The van der Waals surface area contributed by atoms with E-state index in [0.29, 0.717) is 48.7 Å². The van der Waals surface area contributed by atoms with Crippen LogP contribution in [0.15, 0.2) is 47.6 Å². The van der Waals surface area contributed by atoms with Crippen LogP contribution in [0.2, 0.25) is 0 Å². The molecule has 2 heterocycles. The second kappa shape index (κ2) is 11.0. The molecule has 1 aliphatic heterocycles. The SMILES string of the molecule is Cc1ccc(OCc2nc(SCC(=O)Nc3cc(C(F)(F)F)ccc3N3CCOCC3)n[nH]2)cc1. The second-order valence-electron chi connectivity index (χ2n) is 7.83. The zero-order valence-electron chi connectivity index (χ0n) is 18.9. The molecule has 0 spiro atoms. The number of hydrogen-bond donors (Lipinski definition) is 2. The first kappa shape index (κ1) is 24.9. The molecule has 1 aliphatic rings. The number of halogens is 3. The average molecular weight is 508 g/mol. The number of carbonyl (C=O) groups excluding carboxylic acids is 1. The molecule has 4 rings (SSSR count). The van der Waals surface area contributed by atoms with E-state index in [-0.39, 0.29) is 18.0 Å². The number of nitrogens with zero attached hydrogens (tertiary/aromatic N) is 3. The molecule has 8 nitrogen and oxygen atoms in total. The molecule has 0 saturated carbocycles. The van der Waals surface area contributed by atoms with E-state index in [9.17, 15) is 18.0 Å². The molecule has 0 aliphatic carbocycles. The number of aromatic amines is 1. The van der Waals surface area contributed by atoms with Crippen LogP contribution in [0.5, 0.6) is 5.75 Å². The number of aryl methyl sites for hydroxylation is 1. The molecule has 1 saturated heterocycles. The normalized spacial score (nSPS) is 14.1. The Hall–Kier alpha value is -3.25. The first-order valence-electron chi connectivity index (χ1n) is 10.9. The van der Waals surface area contributed by atoms with E-state index in [2.05, 4.69) is 20.5 Å². The van der Waals surface area contributed by atoms with Crippen molar-refractivity contribution in [1.29, 1.82) is 0 Å². The Labute approximate surface area is 204 Å². The summed E-state index contributed by atoms with van der Waals surface area (Å²) in [5.41, 5.74) is 0.920. The van der Waals surface area contributed by atoms with Crippen molar-refractivity contribution in [2.24, 2.45) is 0 Å². The fraction of sp³-hybridized carbons (Fsp3) is 0.348. The molecule has 0 radical (unpaired) electrons. The van der Waals surface area contributed by atoms with E-state index in [1.54, 1.807) is 0 Å². The number of thioether (sulfide) groups is 1. The Morgan fingerprint density at radius 1 is 1.20 bits per heavy atom. The van der Waals surface area contributed by atoms with Crippen molar-refractivity contribution >= 4 is 29.0 Å². The van der Waals surface area contributed by atoms with Gasteiger partial charge in [-0.1, -0.05) is 29.5 Å². The number of benzene rings is 2. The number of H-pyrrole nitrogens is 1. The lowest BCUT2D eigenvalue weighted by atomic mass is 10.1. The van der Waals surface area contributed by atoms with Crippen molar-refractivity contribution in [1.82, 2.24) is 15.2 Å². The smallest absolute Gasteiger partial charge is 0.416 e. The summed E-state index contributed by atoms with van der Waals surface area (Å²) in [6, 6.07) is 10.9. The second-order valence-corrected chi connectivity index (χ2v) is 8.77. The number of aromatic nitrogens is 3. The van der Waals surface area contributed by atoms with E-state index >= 15 is 0 Å². The van der Waals surface area contributed by atoms with Crippen molar-refractivity contribution in [2.75, 3.05) is 42.3 Å². The van der Waals surface area contributed by atoms with Crippen LogP contribution in [0.4, 0.5) is 24.5 Å². The van der Waals surface area contributed by atoms with Crippen LogP contribution in [0, 0.1) is 6.92 Å². The van der Waals surface area contributed by atoms with Crippen LogP contribution >= 0.6 is 11.8 Å². The van der Waals surface area contributed by atoms with Gasteiger partial charge in [0.2, 0.25) is 11.1 Å². The number of morpholine rings is 1. The van der Waals surface area contributed by atoms with E-state index < -0.39 is 17.6 Å². The third kappa shape index (κ3) is 6.89. The Bertz CT molecular complexity index is 1150. The third-order valence-corrected chi connectivity index (χ3v) is 6.04. The zero-order valence-corrected chi connectivity index (χ0v) is 19.7. The van der Waals surface area contributed by atoms with Crippen LogP contribution in [0.1, 0.15) is 17.0 Å². The number of nitrogens with one attached hydrogen (secondary N) is 2. The molecule has 186 valence electrons. The number of anilines is 2. The van der Waals surface area contributed by atoms with Gasteiger partial charge in [0.25, 0.3) is 0 Å². The van der Waals surface area contributed by atoms with E-state index in [1.165, 1.54) is 6.07 Å². The summed E-state index contributed by atoms with van der Waals surface area (Å²) >= 11 is 1.07. The molecule has 1 amide bonds. The molecular weight excluding hydrogens is 483 g/mol. The number of rotatable bonds is 8. The fourth-order valence-corrected chi connectivity index (χ4v) is 4.02.